The number of halogens is 1. The topological polar surface area (TPSA) is 71.1 Å². The Bertz CT molecular complexity index is 1070. The Hall–Kier alpha value is -2.77. The molecule has 31 heavy (non-hydrogen) atoms. The predicted octanol–water partition coefficient (Wildman–Crippen LogP) is 3.55. The number of nitrogens with one attached hydrogen (secondary N) is 1. The molecular formula is C23H24ClN3O4. The van der Waals surface area contributed by atoms with Gasteiger partial charge >= 0.3 is 6.03 Å². The van der Waals surface area contributed by atoms with Gasteiger partial charge in [0.1, 0.15) is 5.54 Å². The first kappa shape index (κ1) is 20.2. The summed E-state index contributed by atoms with van der Waals surface area (Å²) >= 11 is 6.10. The molecule has 1 N–H and O–H groups in total. The zero-order valence-corrected chi connectivity index (χ0v) is 18.2. The molecule has 8 heteroatoms. The van der Waals surface area contributed by atoms with E-state index in [0.29, 0.717) is 35.1 Å². The van der Waals surface area contributed by atoms with Crippen molar-refractivity contribution >= 4 is 29.2 Å². The van der Waals surface area contributed by atoms with Crippen molar-refractivity contribution in [2.45, 2.75) is 30.8 Å². The van der Waals surface area contributed by atoms with Crippen molar-refractivity contribution in [1.29, 1.82) is 0 Å². The van der Waals surface area contributed by atoms with Crippen LogP contribution in [0.1, 0.15) is 30.0 Å². The molecule has 2 saturated heterocycles. The lowest BCUT2D eigenvalue weighted by Gasteiger charge is -2.46. The van der Waals surface area contributed by atoms with Crippen LogP contribution >= 0.6 is 11.6 Å². The molecule has 1 spiro atoms. The molecule has 3 aliphatic heterocycles. The number of amides is 3. The van der Waals surface area contributed by atoms with Gasteiger partial charge in [-0.25, -0.2) is 9.69 Å². The first-order chi connectivity index (χ1) is 15.0. The normalized spacial score (nSPS) is 25.3. The number of fused-ring (bicyclic) bond motifs is 3. The van der Waals surface area contributed by atoms with Gasteiger partial charge in [0.25, 0.3) is 5.91 Å². The third-order valence-corrected chi connectivity index (χ3v) is 6.94. The average Bonchev–Trinajstić information content (AvgIpc) is 3.01. The highest BCUT2D eigenvalue weighted by atomic mass is 35.5. The summed E-state index contributed by atoms with van der Waals surface area (Å²) < 4.78 is 11.0. The van der Waals surface area contributed by atoms with Crippen LogP contribution in [0.15, 0.2) is 36.4 Å². The first-order valence-corrected chi connectivity index (χ1v) is 10.7. The highest BCUT2D eigenvalue weighted by molar-refractivity contribution is 6.31. The zero-order valence-electron chi connectivity index (χ0n) is 17.5. The Morgan fingerprint density at radius 2 is 1.87 bits per heavy atom. The third-order valence-electron chi connectivity index (χ3n) is 6.71. The minimum atomic E-state index is -0.928. The monoisotopic (exact) mass is 441 g/mol. The van der Waals surface area contributed by atoms with Crippen molar-refractivity contribution in [3.63, 3.8) is 0 Å². The van der Waals surface area contributed by atoms with Gasteiger partial charge in [-0.05, 0) is 60.7 Å². The molecule has 2 aromatic rings. The molecule has 3 aliphatic rings. The van der Waals surface area contributed by atoms with Gasteiger partial charge < -0.3 is 14.8 Å². The van der Waals surface area contributed by atoms with E-state index in [1.807, 2.05) is 12.1 Å². The second kappa shape index (κ2) is 7.43. The number of piperidine rings is 1. The SMILES string of the molecule is COc1cc2c(cc1OC)[C@@H]1C[C@@]3(CCN1CC2)NC(=O)N(c1cccc(Cl)c1)C3=O. The second-order valence-electron chi connectivity index (χ2n) is 8.29. The van der Waals surface area contributed by atoms with Gasteiger partial charge in [-0.1, -0.05) is 17.7 Å². The van der Waals surface area contributed by atoms with Gasteiger partial charge in [0.05, 0.1) is 19.9 Å². The molecule has 3 heterocycles. The number of hydrogen-bond donors (Lipinski definition) is 1. The van der Waals surface area contributed by atoms with Crippen LogP contribution in [0.4, 0.5) is 10.5 Å². The van der Waals surface area contributed by atoms with Crippen LogP contribution in [-0.4, -0.2) is 49.7 Å². The summed E-state index contributed by atoms with van der Waals surface area (Å²) in [6.07, 6.45) is 2.00. The van der Waals surface area contributed by atoms with Gasteiger partial charge in [-0.3, -0.25) is 9.69 Å². The van der Waals surface area contributed by atoms with Crippen LogP contribution < -0.4 is 19.7 Å². The summed E-state index contributed by atoms with van der Waals surface area (Å²) in [6.45, 7) is 1.64. The number of methoxy groups -OCH3 is 2. The molecule has 7 nitrogen and oxygen atoms in total. The number of carbonyl (C=O) groups is 2. The number of benzene rings is 2. The summed E-state index contributed by atoms with van der Waals surface area (Å²) in [4.78, 5) is 30.0. The number of urea groups is 1. The molecule has 0 bridgehead atoms. The van der Waals surface area contributed by atoms with Gasteiger partial charge in [-0.2, -0.15) is 0 Å². The molecule has 0 radical (unpaired) electrons. The predicted molar refractivity (Wildman–Crippen MR) is 117 cm³/mol. The molecule has 0 unspecified atom stereocenters. The van der Waals surface area contributed by atoms with Crippen molar-refractivity contribution in [3.8, 4) is 11.5 Å². The summed E-state index contributed by atoms with van der Waals surface area (Å²) in [6, 6.07) is 10.5. The molecular weight excluding hydrogens is 418 g/mol. The number of nitrogens with zero attached hydrogens (tertiary/aromatic N) is 2. The van der Waals surface area contributed by atoms with Gasteiger partial charge in [-0.15, -0.1) is 0 Å². The zero-order chi connectivity index (χ0) is 21.8. The Kier molecular flexibility index (Phi) is 4.83. The number of carbonyl (C=O) groups excluding carboxylic acids is 2. The molecule has 0 aromatic heterocycles. The quantitative estimate of drug-likeness (QED) is 0.737. The Morgan fingerprint density at radius 3 is 2.61 bits per heavy atom. The van der Waals surface area contributed by atoms with Crippen LogP contribution in [0, 0.1) is 0 Å². The van der Waals surface area contributed by atoms with E-state index in [1.54, 1.807) is 38.5 Å². The summed E-state index contributed by atoms with van der Waals surface area (Å²) in [5.74, 6) is 1.16. The molecule has 0 saturated carbocycles. The van der Waals surface area contributed by atoms with E-state index in [-0.39, 0.29) is 11.9 Å². The fourth-order valence-electron chi connectivity index (χ4n) is 5.13. The molecule has 2 aromatic carbocycles. The van der Waals surface area contributed by atoms with Gasteiger partial charge in [0.2, 0.25) is 0 Å². The van der Waals surface area contributed by atoms with Crippen molar-refractivity contribution in [2.24, 2.45) is 0 Å². The molecule has 2 atom stereocenters. The number of hydrogen-bond acceptors (Lipinski definition) is 5. The summed E-state index contributed by atoms with van der Waals surface area (Å²) in [7, 11) is 3.25. The van der Waals surface area contributed by atoms with Crippen molar-refractivity contribution < 1.29 is 19.1 Å². The van der Waals surface area contributed by atoms with Crippen LogP contribution in [0.3, 0.4) is 0 Å². The highest BCUT2D eigenvalue weighted by Crippen LogP contribution is 2.46. The van der Waals surface area contributed by atoms with Gasteiger partial charge in [0.15, 0.2) is 11.5 Å². The molecule has 5 rings (SSSR count). The maximum absolute atomic E-state index is 13.6. The number of rotatable bonds is 3. The van der Waals surface area contributed by atoms with E-state index in [1.165, 1.54) is 10.5 Å². The van der Waals surface area contributed by atoms with E-state index in [0.717, 1.165) is 25.1 Å². The van der Waals surface area contributed by atoms with E-state index in [4.69, 9.17) is 21.1 Å². The largest absolute Gasteiger partial charge is 0.493 e. The standard InChI is InChI=1S/C23H24ClN3O4/c1-30-19-10-14-6-8-26-9-7-23(13-18(26)17(14)12-20(19)31-2)21(28)27(22(29)25-23)16-5-3-4-15(24)11-16/h3-5,10-12,18H,6-9,13H2,1-2H3,(H,25,29)/t18-,23+/m0/s1. The maximum atomic E-state index is 13.6. The van der Waals surface area contributed by atoms with Crippen LogP contribution in [-0.2, 0) is 11.2 Å². The Morgan fingerprint density at radius 1 is 1.10 bits per heavy atom. The Labute approximate surface area is 185 Å². The molecule has 0 aliphatic carbocycles. The van der Waals surface area contributed by atoms with E-state index in [9.17, 15) is 9.59 Å². The van der Waals surface area contributed by atoms with E-state index in [2.05, 4.69) is 10.2 Å². The van der Waals surface area contributed by atoms with Crippen molar-refractivity contribution in [1.82, 2.24) is 10.2 Å². The van der Waals surface area contributed by atoms with Crippen LogP contribution in [0.5, 0.6) is 11.5 Å². The lowest BCUT2D eigenvalue weighted by atomic mass is 9.77. The number of anilines is 1. The lowest BCUT2D eigenvalue weighted by Crippen LogP contribution is -2.57. The van der Waals surface area contributed by atoms with E-state index >= 15 is 0 Å². The first-order valence-electron chi connectivity index (χ1n) is 10.4. The minimum Gasteiger partial charge on any atom is -0.493 e. The molecule has 2 fully saturated rings. The second-order valence-corrected chi connectivity index (χ2v) is 8.73. The fourth-order valence-corrected chi connectivity index (χ4v) is 5.32. The van der Waals surface area contributed by atoms with Crippen molar-refractivity contribution in [3.05, 3.63) is 52.5 Å². The summed E-state index contributed by atoms with van der Waals surface area (Å²) in [5.41, 5.74) is 1.89. The number of ether oxygens (including phenoxy) is 2. The fraction of sp³-hybridized carbons (Fsp3) is 0.391. The average molecular weight is 442 g/mol. The smallest absolute Gasteiger partial charge is 0.329 e. The van der Waals surface area contributed by atoms with Crippen molar-refractivity contribution in [2.75, 3.05) is 32.2 Å². The number of imide groups is 1. The third kappa shape index (κ3) is 3.15. The maximum Gasteiger partial charge on any atom is 0.329 e. The van der Waals surface area contributed by atoms with Crippen LogP contribution in [0.2, 0.25) is 5.02 Å². The molecule has 3 amide bonds. The highest BCUT2D eigenvalue weighted by Gasteiger charge is 2.55. The van der Waals surface area contributed by atoms with Crippen LogP contribution in [0.25, 0.3) is 0 Å². The lowest BCUT2D eigenvalue weighted by molar-refractivity contribution is -0.124. The minimum absolute atomic E-state index is 0.0147. The summed E-state index contributed by atoms with van der Waals surface area (Å²) in [5, 5.41) is 3.50. The molecule has 162 valence electrons. The van der Waals surface area contributed by atoms with Gasteiger partial charge in [0, 0.05) is 24.2 Å². The van der Waals surface area contributed by atoms with E-state index < -0.39 is 11.6 Å². The Balaban J connectivity index is 1.50.